The van der Waals surface area contributed by atoms with E-state index < -0.39 is 5.92 Å². The van der Waals surface area contributed by atoms with Gasteiger partial charge in [0.05, 0.1) is 20.1 Å². The molecule has 1 aromatic rings. The largest absolute Gasteiger partial charge is 0.493 e. The van der Waals surface area contributed by atoms with Gasteiger partial charge in [0.25, 0.3) is 0 Å². The third-order valence-electron chi connectivity index (χ3n) is 3.73. The smallest absolute Gasteiger partial charge is 0.205 e. The second-order valence-electron chi connectivity index (χ2n) is 5.03. The molecular weight excluding hydrogens is 296 g/mol. The summed E-state index contributed by atoms with van der Waals surface area (Å²) in [4.78, 5) is 12.1. The first-order valence-corrected chi connectivity index (χ1v) is 6.96. The Morgan fingerprint density at radius 3 is 2.57 bits per heavy atom. The highest BCUT2D eigenvalue weighted by atomic mass is 16.5. The predicted octanol–water partition coefficient (Wildman–Crippen LogP) is 2.37. The molecule has 1 aliphatic rings. The molecule has 0 radical (unpaired) electrons. The van der Waals surface area contributed by atoms with E-state index in [9.17, 15) is 10.1 Å². The highest BCUT2D eigenvalue weighted by Gasteiger charge is 2.36. The lowest BCUT2D eigenvalue weighted by Crippen LogP contribution is -2.23. The minimum atomic E-state index is -0.656. The van der Waals surface area contributed by atoms with Crippen molar-refractivity contribution in [3.63, 3.8) is 0 Å². The van der Waals surface area contributed by atoms with Crippen molar-refractivity contribution in [3.8, 4) is 17.6 Å². The first kappa shape index (κ1) is 16.4. The minimum Gasteiger partial charge on any atom is -0.493 e. The molecule has 0 aliphatic carbocycles. The van der Waals surface area contributed by atoms with Gasteiger partial charge in [-0.05, 0) is 19.9 Å². The molecule has 1 unspecified atom stereocenters. The van der Waals surface area contributed by atoms with E-state index in [0.717, 1.165) is 0 Å². The molecule has 0 fully saturated rings. The van der Waals surface area contributed by atoms with Crippen LogP contribution in [0.1, 0.15) is 25.3 Å². The number of benzene rings is 1. The SMILES string of the molecule is COc1cccc(C2C(C#N)=C(N)OC(C)=C2C(C)=O)c1OC. The van der Waals surface area contributed by atoms with Crippen LogP contribution in [0, 0.1) is 11.3 Å². The standard InChI is InChI=1S/C17H18N2O4/c1-9(20)14-10(2)23-17(19)12(8-18)15(14)11-6-5-7-13(21-3)16(11)22-4/h5-7,15H,19H2,1-4H3. The third-order valence-corrected chi connectivity index (χ3v) is 3.73. The second kappa shape index (κ2) is 6.44. The summed E-state index contributed by atoms with van der Waals surface area (Å²) in [6, 6.07) is 7.33. The predicted molar refractivity (Wildman–Crippen MR) is 83.6 cm³/mol. The molecule has 2 N–H and O–H groups in total. The number of rotatable bonds is 4. The van der Waals surface area contributed by atoms with Crippen molar-refractivity contribution in [1.29, 1.82) is 5.26 Å². The van der Waals surface area contributed by atoms with Crippen LogP contribution in [0.4, 0.5) is 0 Å². The molecule has 6 heteroatoms. The fourth-order valence-electron chi connectivity index (χ4n) is 2.79. The number of Topliss-reactive ketones (excluding diaryl/α,β-unsaturated/α-hetero) is 1. The summed E-state index contributed by atoms with van der Waals surface area (Å²) in [6.07, 6.45) is 0. The second-order valence-corrected chi connectivity index (χ2v) is 5.03. The number of hydrogen-bond donors (Lipinski definition) is 1. The molecule has 1 aliphatic heterocycles. The molecule has 6 nitrogen and oxygen atoms in total. The number of ether oxygens (including phenoxy) is 3. The van der Waals surface area contributed by atoms with Crippen molar-refractivity contribution < 1.29 is 19.0 Å². The van der Waals surface area contributed by atoms with Gasteiger partial charge in [0.1, 0.15) is 17.4 Å². The molecule has 0 amide bonds. The van der Waals surface area contributed by atoms with Gasteiger partial charge in [0.15, 0.2) is 17.3 Å². The number of methoxy groups -OCH3 is 2. The maximum atomic E-state index is 12.1. The fraction of sp³-hybridized carbons (Fsp3) is 0.294. The zero-order valence-electron chi connectivity index (χ0n) is 13.5. The number of carbonyl (C=O) groups excluding carboxylic acids is 1. The van der Waals surface area contributed by atoms with Crippen LogP contribution in [0.5, 0.6) is 11.5 Å². The summed E-state index contributed by atoms with van der Waals surface area (Å²) in [5.74, 6) is 0.476. The van der Waals surface area contributed by atoms with Crippen molar-refractivity contribution in [3.05, 3.63) is 46.6 Å². The lowest BCUT2D eigenvalue weighted by atomic mass is 9.81. The lowest BCUT2D eigenvalue weighted by molar-refractivity contribution is -0.114. The summed E-state index contributed by atoms with van der Waals surface area (Å²) < 4.78 is 16.1. The number of allylic oxidation sites excluding steroid dienone is 3. The van der Waals surface area contributed by atoms with E-state index in [1.165, 1.54) is 21.1 Å². The number of ketones is 1. The van der Waals surface area contributed by atoms with Gasteiger partial charge in [-0.25, -0.2) is 0 Å². The van der Waals surface area contributed by atoms with Crippen molar-refractivity contribution in [2.24, 2.45) is 5.73 Å². The van der Waals surface area contributed by atoms with Crippen LogP contribution in [-0.2, 0) is 9.53 Å². The Kier molecular flexibility index (Phi) is 4.60. The molecule has 1 aromatic carbocycles. The lowest BCUT2D eigenvalue weighted by Gasteiger charge is -2.28. The molecule has 0 saturated carbocycles. The van der Waals surface area contributed by atoms with E-state index >= 15 is 0 Å². The van der Waals surface area contributed by atoms with E-state index in [2.05, 4.69) is 0 Å². The molecule has 120 valence electrons. The average molecular weight is 314 g/mol. The van der Waals surface area contributed by atoms with Crippen LogP contribution in [0.25, 0.3) is 0 Å². The monoisotopic (exact) mass is 314 g/mol. The Hall–Kier alpha value is -2.94. The zero-order chi connectivity index (χ0) is 17.1. The third kappa shape index (κ3) is 2.73. The molecule has 2 rings (SSSR count). The van der Waals surface area contributed by atoms with Gasteiger partial charge >= 0.3 is 0 Å². The fourth-order valence-corrected chi connectivity index (χ4v) is 2.79. The molecule has 0 aromatic heterocycles. The molecule has 23 heavy (non-hydrogen) atoms. The van der Waals surface area contributed by atoms with Gasteiger partial charge in [-0.1, -0.05) is 12.1 Å². The number of para-hydroxylation sites is 1. The van der Waals surface area contributed by atoms with Gasteiger partial charge in [-0.3, -0.25) is 4.79 Å². The van der Waals surface area contributed by atoms with Gasteiger partial charge in [0, 0.05) is 11.1 Å². The minimum absolute atomic E-state index is 0.00938. The highest BCUT2D eigenvalue weighted by Crippen LogP contribution is 2.45. The summed E-state index contributed by atoms with van der Waals surface area (Å²) in [5, 5.41) is 9.50. The normalized spacial score (nSPS) is 17.4. The maximum Gasteiger partial charge on any atom is 0.205 e. The topological polar surface area (TPSA) is 94.6 Å². The van der Waals surface area contributed by atoms with Gasteiger partial charge in [-0.15, -0.1) is 0 Å². The highest BCUT2D eigenvalue weighted by molar-refractivity contribution is 5.97. The Labute approximate surface area is 134 Å². The summed E-state index contributed by atoms with van der Waals surface area (Å²) >= 11 is 0. The Balaban J connectivity index is 2.78. The van der Waals surface area contributed by atoms with E-state index in [1.807, 2.05) is 6.07 Å². The van der Waals surface area contributed by atoms with Crippen molar-refractivity contribution >= 4 is 5.78 Å². The van der Waals surface area contributed by atoms with Crippen molar-refractivity contribution in [2.45, 2.75) is 19.8 Å². The van der Waals surface area contributed by atoms with Crippen LogP contribution < -0.4 is 15.2 Å². The van der Waals surface area contributed by atoms with Gasteiger partial charge < -0.3 is 19.9 Å². The zero-order valence-corrected chi connectivity index (χ0v) is 13.5. The Bertz CT molecular complexity index is 756. The number of carbonyl (C=O) groups is 1. The molecule has 1 heterocycles. The van der Waals surface area contributed by atoms with E-state index in [0.29, 0.717) is 28.4 Å². The van der Waals surface area contributed by atoms with Crippen LogP contribution in [0.3, 0.4) is 0 Å². The summed E-state index contributed by atoms with van der Waals surface area (Å²) in [6.45, 7) is 3.08. The molecule has 0 saturated heterocycles. The van der Waals surface area contributed by atoms with E-state index in [4.69, 9.17) is 19.9 Å². The van der Waals surface area contributed by atoms with Crippen molar-refractivity contribution in [2.75, 3.05) is 14.2 Å². The first-order valence-electron chi connectivity index (χ1n) is 6.96. The van der Waals surface area contributed by atoms with E-state index in [-0.39, 0.29) is 17.2 Å². The van der Waals surface area contributed by atoms with Gasteiger partial charge in [0.2, 0.25) is 5.88 Å². The number of nitrogens with zero attached hydrogens (tertiary/aromatic N) is 1. The summed E-state index contributed by atoms with van der Waals surface area (Å²) in [7, 11) is 3.03. The number of hydrogen-bond acceptors (Lipinski definition) is 6. The molecule has 0 bridgehead atoms. The van der Waals surface area contributed by atoms with Crippen molar-refractivity contribution in [1.82, 2.24) is 0 Å². The van der Waals surface area contributed by atoms with Crippen LogP contribution >= 0.6 is 0 Å². The Morgan fingerprint density at radius 2 is 2.04 bits per heavy atom. The van der Waals surface area contributed by atoms with Crippen LogP contribution in [0.2, 0.25) is 0 Å². The van der Waals surface area contributed by atoms with E-state index in [1.54, 1.807) is 25.1 Å². The van der Waals surface area contributed by atoms with Crippen LogP contribution in [0.15, 0.2) is 41.0 Å². The maximum absolute atomic E-state index is 12.1. The quantitative estimate of drug-likeness (QED) is 0.917. The number of nitriles is 1. The van der Waals surface area contributed by atoms with Crippen LogP contribution in [-0.4, -0.2) is 20.0 Å². The first-order chi connectivity index (χ1) is 11.0. The average Bonchev–Trinajstić information content (AvgIpc) is 2.52. The molecule has 1 atom stereocenters. The Morgan fingerprint density at radius 1 is 1.35 bits per heavy atom. The molecular formula is C17H18N2O4. The molecule has 0 spiro atoms. The van der Waals surface area contributed by atoms with Gasteiger partial charge in [-0.2, -0.15) is 5.26 Å². The summed E-state index contributed by atoms with van der Waals surface area (Å²) in [5.41, 5.74) is 7.02. The number of nitrogens with two attached hydrogens (primary N) is 1.